The third kappa shape index (κ3) is 2.82. The molecule has 1 aromatic heterocycles. The summed E-state index contributed by atoms with van der Waals surface area (Å²) in [5.74, 6) is -0.369. The van der Waals surface area contributed by atoms with Gasteiger partial charge in [0.25, 0.3) is 0 Å². The predicted octanol–water partition coefficient (Wildman–Crippen LogP) is 3.35. The second-order valence-corrected chi connectivity index (χ2v) is 4.30. The number of rotatable bonds is 3. The number of carbonyl (C=O) groups is 1. The number of ketones is 1. The van der Waals surface area contributed by atoms with Gasteiger partial charge in [-0.15, -0.1) is 5.10 Å². The maximum Gasteiger partial charge on any atom is 0.436 e. The maximum atomic E-state index is 12.5. The Labute approximate surface area is 117 Å². The van der Waals surface area contributed by atoms with Gasteiger partial charge in [-0.25, -0.2) is 4.68 Å². The first-order valence-electron chi connectivity index (χ1n) is 5.46. The number of hydrogen-bond donors (Lipinski definition) is 0. The molecule has 0 aliphatic heterocycles. The lowest BCUT2D eigenvalue weighted by molar-refractivity contribution is -0.141. The summed E-state index contributed by atoms with van der Waals surface area (Å²) in [4.78, 5) is 11.8. The van der Waals surface area contributed by atoms with Gasteiger partial charge in [-0.1, -0.05) is 23.7 Å². The molecule has 0 amide bonds. The van der Waals surface area contributed by atoms with Gasteiger partial charge in [-0.2, -0.15) is 13.2 Å². The van der Waals surface area contributed by atoms with E-state index in [0.717, 1.165) is 10.9 Å². The Kier molecular flexibility index (Phi) is 3.80. The van der Waals surface area contributed by atoms with Crippen molar-refractivity contribution in [2.75, 3.05) is 0 Å². The number of aromatic nitrogens is 3. The van der Waals surface area contributed by atoms with Crippen LogP contribution in [-0.4, -0.2) is 20.8 Å². The van der Waals surface area contributed by atoms with Crippen molar-refractivity contribution in [3.63, 3.8) is 0 Å². The van der Waals surface area contributed by atoms with Crippen molar-refractivity contribution < 1.29 is 18.0 Å². The summed E-state index contributed by atoms with van der Waals surface area (Å²) in [7, 11) is 0. The van der Waals surface area contributed by atoms with Gasteiger partial charge < -0.3 is 0 Å². The molecule has 1 radical (unpaired) electrons. The Morgan fingerprint density at radius 1 is 1.40 bits per heavy atom. The van der Waals surface area contributed by atoms with E-state index >= 15 is 0 Å². The van der Waals surface area contributed by atoms with E-state index < -0.39 is 11.9 Å². The van der Waals surface area contributed by atoms with Crippen molar-refractivity contribution in [1.82, 2.24) is 15.0 Å². The molecule has 1 aromatic carbocycles. The minimum atomic E-state index is -4.59. The highest BCUT2D eigenvalue weighted by Gasteiger charge is 2.34. The molecule has 0 saturated carbocycles. The molecule has 0 saturated heterocycles. The molecule has 0 aliphatic carbocycles. The molecule has 0 unspecified atom stereocenters. The number of hydrogen-bond acceptors (Lipinski definition) is 3. The predicted molar refractivity (Wildman–Crippen MR) is 65.7 cm³/mol. The van der Waals surface area contributed by atoms with Crippen LogP contribution in [0, 0.1) is 6.42 Å². The number of alkyl halides is 3. The van der Waals surface area contributed by atoms with Crippen molar-refractivity contribution in [1.29, 1.82) is 0 Å². The lowest BCUT2D eigenvalue weighted by atomic mass is 10.1. The van der Waals surface area contributed by atoms with Gasteiger partial charge in [-0.3, -0.25) is 4.79 Å². The highest BCUT2D eigenvalue weighted by atomic mass is 35.5. The van der Waals surface area contributed by atoms with Crippen LogP contribution in [0.3, 0.4) is 0 Å². The molecule has 0 atom stereocenters. The average molecular weight is 303 g/mol. The Morgan fingerprint density at radius 2 is 2.10 bits per heavy atom. The topological polar surface area (TPSA) is 47.8 Å². The quantitative estimate of drug-likeness (QED) is 0.817. The van der Waals surface area contributed by atoms with Crippen LogP contribution in [0.5, 0.6) is 0 Å². The van der Waals surface area contributed by atoms with Crippen LogP contribution in [0.25, 0.3) is 5.69 Å². The van der Waals surface area contributed by atoms with Crippen LogP contribution >= 0.6 is 11.6 Å². The van der Waals surface area contributed by atoms with Gasteiger partial charge in [0.1, 0.15) is 0 Å². The van der Waals surface area contributed by atoms with E-state index in [0.29, 0.717) is 5.02 Å². The molecule has 8 heteroatoms. The zero-order valence-corrected chi connectivity index (χ0v) is 10.9. The minimum Gasteiger partial charge on any atom is -0.294 e. The Hall–Kier alpha value is -1.89. The second-order valence-electron chi connectivity index (χ2n) is 3.86. The van der Waals surface area contributed by atoms with Crippen molar-refractivity contribution in [3.8, 4) is 5.69 Å². The van der Waals surface area contributed by atoms with E-state index in [1.807, 2.05) is 0 Å². The molecule has 4 nitrogen and oxygen atoms in total. The van der Waals surface area contributed by atoms with Gasteiger partial charge in [0.2, 0.25) is 0 Å². The van der Waals surface area contributed by atoms with E-state index in [2.05, 4.69) is 10.3 Å². The average Bonchev–Trinajstić information content (AvgIpc) is 2.87. The minimum absolute atomic E-state index is 0.152. The molecule has 2 aromatic rings. The molecule has 105 valence electrons. The summed E-state index contributed by atoms with van der Waals surface area (Å²) < 4.78 is 38.4. The number of benzene rings is 1. The lowest BCUT2D eigenvalue weighted by Crippen LogP contribution is -2.07. The second kappa shape index (κ2) is 5.24. The van der Waals surface area contributed by atoms with Crippen LogP contribution in [0.2, 0.25) is 5.02 Å². The molecule has 0 fully saturated rings. The summed E-state index contributed by atoms with van der Waals surface area (Å²) in [5.41, 5.74) is -0.801. The number of nitrogens with zero attached hydrogens (tertiary/aromatic N) is 3. The SMILES string of the molecule is C[CH]C(=O)c1cc(Cl)ccc1-n1cc(C(F)(F)F)nn1. The molecule has 0 N–H and O–H groups in total. The van der Waals surface area contributed by atoms with Crippen molar-refractivity contribution in [3.05, 3.63) is 47.1 Å². The summed E-state index contributed by atoms with van der Waals surface area (Å²) in [6, 6.07) is 4.24. The molecule has 0 bridgehead atoms. The number of halogens is 4. The first-order valence-corrected chi connectivity index (χ1v) is 5.84. The summed E-state index contributed by atoms with van der Waals surface area (Å²) in [5, 5.41) is 6.74. The molecule has 1 heterocycles. The van der Waals surface area contributed by atoms with Gasteiger partial charge in [0.15, 0.2) is 11.5 Å². The highest BCUT2D eigenvalue weighted by molar-refractivity contribution is 6.31. The zero-order valence-electron chi connectivity index (χ0n) is 10.1. The summed E-state index contributed by atoms with van der Waals surface area (Å²) in [6.45, 7) is 1.52. The summed E-state index contributed by atoms with van der Waals surface area (Å²) in [6.07, 6.45) is -2.59. The van der Waals surface area contributed by atoms with Crippen molar-refractivity contribution >= 4 is 17.4 Å². The monoisotopic (exact) mass is 302 g/mol. The van der Waals surface area contributed by atoms with E-state index in [4.69, 9.17) is 11.6 Å². The molecule has 2 rings (SSSR count). The molecule has 0 aliphatic rings. The fourth-order valence-corrected chi connectivity index (χ4v) is 1.74. The zero-order chi connectivity index (χ0) is 14.9. The van der Waals surface area contributed by atoms with E-state index in [1.54, 1.807) is 0 Å². The van der Waals surface area contributed by atoms with Gasteiger partial charge in [-0.05, 0) is 18.2 Å². The standard InChI is InChI=1S/C12H8ClF3N3O/c1-2-10(20)8-5-7(13)3-4-9(8)19-6-11(17-18-19)12(14,15)16/h2-6H,1H3. The van der Waals surface area contributed by atoms with Crippen molar-refractivity contribution in [2.45, 2.75) is 13.1 Å². The fourth-order valence-electron chi connectivity index (χ4n) is 1.57. The first-order chi connectivity index (χ1) is 9.32. The maximum absolute atomic E-state index is 12.5. The largest absolute Gasteiger partial charge is 0.436 e. The molecule has 20 heavy (non-hydrogen) atoms. The third-order valence-corrected chi connectivity index (χ3v) is 2.75. The first kappa shape index (κ1) is 14.5. The normalized spacial score (nSPS) is 11.7. The summed E-state index contributed by atoms with van der Waals surface area (Å²) >= 11 is 5.79. The number of carbonyl (C=O) groups excluding carboxylic acids is 1. The Balaban J connectivity index is 2.52. The van der Waals surface area contributed by atoms with Crippen LogP contribution in [-0.2, 0) is 6.18 Å². The van der Waals surface area contributed by atoms with E-state index in [9.17, 15) is 18.0 Å². The van der Waals surface area contributed by atoms with E-state index in [-0.39, 0.29) is 17.0 Å². The highest BCUT2D eigenvalue weighted by Crippen LogP contribution is 2.28. The molecular formula is C12H8ClF3N3O. The molecule has 0 spiro atoms. The van der Waals surface area contributed by atoms with Gasteiger partial charge in [0, 0.05) is 17.0 Å². The Morgan fingerprint density at radius 3 is 2.65 bits per heavy atom. The van der Waals surface area contributed by atoms with Gasteiger partial charge >= 0.3 is 6.18 Å². The Bertz CT molecular complexity index is 652. The fraction of sp³-hybridized carbons (Fsp3) is 0.167. The van der Waals surface area contributed by atoms with Crippen LogP contribution in [0.15, 0.2) is 24.4 Å². The smallest absolute Gasteiger partial charge is 0.294 e. The third-order valence-electron chi connectivity index (χ3n) is 2.52. The lowest BCUT2D eigenvalue weighted by Gasteiger charge is -2.07. The van der Waals surface area contributed by atoms with Crippen LogP contribution < -0.4 is 0 Å². The number of Topliss-reactive ketones (excluding diaryl/α,β-unsaturated/α-hetero) is 1. The van der Waals surface area contributed by atoms with Crippen LogP contribution in [0.1, 0.15) is 23.0 Å². The molecular weight excluding hydrogens is 295 g/mol. The van der Waals surface area contributed by atoms with E-state index in [1.165, 1.54) is 31.5 Å². The van der Waals surface area contributed by atoms with Crippen LogP contribution in [0.4, 0.5) is 13.2 Å². The van der Waals surface area contributed by atoms with Crippen molar-refractivity contribution in [2.24, 2.45) is 0 Å². The van der Waals surface area contributed by atoms with Gasteiger partial charge in [0.05, 0.1) is 11.9 Å².